The Balaban J connectivity index is 0.000000298. The number of ether oxygens (including phenoxy) is 1. The van der Waals surface area contributed by atoms with Crippen molar-refractivity contribution >= 4 is 16.0 Å². The quantitative estimate of drug-likeness (QED) is 0.762. The Morgan fingerprint density at radius 1 is 1.31 bits per heavy atom. The van der Waals surface area contributed by atoms with Crippen LogP contribution >= 0.6 is 0 Å². The van der Waals surface area contributed by atoms with Crippen molar-refractivity contribution in [1.29, 1.82) is 0 Å². The molecule has 1 aromatic rings. The molecule has 1 aromatic heterocycles. The van der Waals surface area contributed by atoms with Crippen molar-refractivity contribution in [2.24, 2.45) is 11.3 Å². The van der Waals surface area contributed by atoms with Crippen molar-refractivity contribution in [2.45, 2.75) is 43.5 Å². The van der Waals surface area contributed by atoms with Gasteiger partial charge in [-0.1, -0.05) is 12.5 Å². The predicted octanol–water partition coefficient (Wildman–Crippen LogP) is 2.69. The van der Waals surface area contributed by atoms with Gasteiger partial charge in [0.25, 0.3) is 0 Å². The topological polar surface area (TPSA) is 96.8 Å². The molecular weight excluding hydrogens is 413 g/mol. The number of alkyl halides is 3. The number of halogens is 3. The summed E-state index contributed by atoms with van der Waals surface area (Å²) in [6, 6.07) is 5.63. The average Bonchev–Trinajstić information content (AvgIpc) is 3.35. The summed E-state index contributed by atoms with van der Waals surface area (Å²) >= 11 is 0. The zero-order valence-corrected chi connectivity index (χ0v) is 16.5. The van der Waals surface area contributed by atoms with E-state index in [1.807, 2.05) is 18.2 Å². The molecule has 0 radical (unpaired) electrons. The van der Waals surface area contributed by atoms with E-state index in [0.29, 0.717) is 31.5 Å². The van der Waals surface area contributed by atoms with Crippen molar-refractivity contribution in [3.05, 3.63) is 24.4 Å². The van der Waals surface area contributed by atoms with E-state index in [4.69, 9.17) is 14.6 Å². The molecule has 1 saturated heterocycles. The Bertz CT molecular complexity index is 830. The van der Waals surface area contributed by atoms with Crippen LogP contribution in [0.4, 0.5) is 13.2 Å². The first kappa shape index (κ1) is 21.8. The third kappa shape index (κ3) is 5.00. The van der Waals surface area contributed by atoms with Crippen LogP contribution in [0.25, 0.3) is 0 Å². The summed E-state index contributed by atoms with van der Waals surface area (Å²) in [7, 11) is -3.07. The second-order valence-corrected chi connectivity index (χ2v) is 9.96. The van der Waals surface area contributed by atoms with E-state index in [-0.39, 0.29) is 10.7 Å². The highest BCUT2D eigenvalue weighted by molar-refractivity contribution is 7.90. The van der Waals surface area contributed by atoms with Gasteiger partial charge in [-0.2, -0.15) is 13.2 Å². The van der Waals surface area contributed by atoms with Crippen LogP contribution in [0.5, 0.6) is 5.88 Å². The minimum absolute atomic E-state index is 0.0144. The monoisotopic (exact) mass is 436 g/mol. The van der Waals surface area contributed by atoms with E-state index in [9.17, 15) is 21.6 Å². The van der Waals surface area contributed by atoms with Gasteiger partial charge >= 0.3 is 12.1 Å². The molecule has 3 aliphatic rings. The van der Waals surface area contributed by atoms with Gasteiger partial charge < -0.3 is 9.84 Å². The largest absolute Gasteiger partial charge is 0.490 e. The second-order valence-electron chi connectivity index (χ2n) is 7.75. The fourth-order valence-corrected chi connectivity index (χ4v) is 6.00. The van der Waals surface area contributed by atoms with Crippen molar-refractivity contribution in [1.82, 2.24) is 9.29 Å². The van der Waals surface area contributed by atoms with Crippen LogP contribution in [0.15, 0.2) is 24.4 Å². The number of aromatic nitrogens is 1. The molecule has 2 heterocycles. The van der Waals surface area contributed by atoms with Crippen molar-refractivity contribution in [3.63, 3.8) is 0 Å². The van der Waals surface area contributed by atoms with Gasteiger partial charge in [-0.25, -0.2) is 22.5 Å². The first-order chi connectivity index (χ1) is 13.5. The van der Waals surface area contributed by atoms with Gasteiger partial charge in [0.05, 0.1) is 11.9 Å². The standard InChI is InChI=1S/C16H22N2O3S.C2HF3O2/c19-22(20,14-6-7-14)18-10-13-4-3-8-16(13,11-18)12-21-15-5-1-2-9-17-15;3-2(4,5)1(6)7/h1-2,5,9,13-14H,3-4,6-8,10-12H2;(H,6,7)/t13-,16+;/m1./s1. The molecule has 4 rings (SSSR count). The third-order valence-corrected chi connectivity index (χ3v) is 8.01. The SMILES string of the molecule is O=C(O)C(F)(F)F.O=S(=O)(C1CC1)N1C[C@H]2CCC[C@@]2(COc2ccccn2)C1. The molecule has 0 bridgehead atoms. The van der Waals surface area contributed by atoms with Crippen LogP contribution in [0.3, 0.4) is 0 Å². The molecule has 29 heavy (non-hydrogen) atoms. The maximum absolute atomic E-state index is 12.5. The number of hydrogen-bond acceptors (Lipinski definition) is 5. The number of sulfonamides is 1. The fraction of sp³-hybridized carbons (Fsp3) is 0.667. The molecule has 2 atom stereocenters. The van der Waals surface area contributed by atoms with Gasteiger partial charge in [-0.15, -0.1) is 0 Å². The highest BCUT2D eigenvalue weighted by Crippen LogP contribution is 2.50. The Morgan fingerprint density at radius 2 is 2.00 bits per heavy atom. The number of hydrogen-bond donors (Lipinski definition) is 1. The van der Waals surface area contributed by atoms with Crippen molar-refractivity contribution < 1.29 is 36.2 Å². The van der Waals surface area contributed by atoms with Gasteiger partial charge in [-0.05, 0) is 37.7 Å². The van der Waals surface area contributed by atoms with Gasteiger partial charge in [0.15, 0.2) is 0 Å². The van der Waals surface area contributed by atoms with Crippen LogP contribution < -0.4 is 4.74 Å². The van der Waals surface area contributed by atoms with Gasteiger partial charge in [-0.3, -0.25) is 0 Å². The van der Waals surface area contributed by atoms with E-state index < -0.39 is 22.2 Å². The van der Waals surface area contributed by atoms with Crippen LogP contribution in [0.1, 0.15) is 32.1 Å². The highest BCUT2D eigenvalue weighted by Gasteiger charge is 2.55. The lowest BCUT2D eigenvalue weighted by atomic mass is 9.82. The van der Waals surface area contributed by atoms with Crippen LogP contribution in [0, 0.1) is 11.3 Å². The minimum Gasteiger partial charge on any atom is -0.477 e. The number of pyridine rings is 1. The van der Waals surface area contributed by atoms with E-state index in [0.717, 1.165) is 25.7 Å². The summed E-state index contributed by atoms with van der Waals surface area (Å²) in [6.07, 6.45) is 1.65. The molecule has 11 heteroatoms. The summed E-state index contributed by atoms with van der Waals surface area (Å²) in [5.41, 5.74) is -0.0144. The van der Waals surface area contributed by atoms with Crippen LogP contribution in [0.2, 0.25) is 0 Å². The number of nitrogens with zero attached hydrogens (tertiary/aromatic N) is 2. The summed E-state index contributed by atoms with van der Waals surface area (Å²) in [5, 5.41) is 7.01. The Morgan fingerprint density at radius 3 is 2.55 bits per heavy atom. The summed E-state index contributed by atoms with van der Waals surface area (Å²) < 4.78 is 64.4. The molecule has 0 amide bonds. The molecule has 2 saturated carbocycles. The molecule has 1 N–H and O–H groups in total. The molecule has 0 spiro atoms. The summed E-state index contributed by atoms with van der Waals surface area (Å²) in [6.45, 7) is 1.89. The lowest BCUT2D eigenvalue weighted by Crippen LogP contribution is -2.37. The Hall–Kier alpha value is -1.88. The average molecular weight is 436 g/mol. The lowest BCUT2D eigenvalue weighted by Gasteiger charge is -2.28. The van der Waals surface area contributed by atoms with Crippen molar-refractivity contribution in [3.8, 4) is 5.88 Å². The Labute approximate surface area is 166 Å². The first-order valence-electron chi connectivity index (χ1n) is 9.37. The summed E-state index contributed by atoms with van der Waals surface area (Å²) in [4.78, 5) is 13.1. The second kappa shape index (κ2) is 8.10. The van der Waals surface area contributed by atoms with Crippen molar-refractivity contribution in [2.75, 3.05) is 19.7 Å². The molecule has 3 fully saturated rings. The maximum Gasteiger partial charge on any atom is 0.490 e. The van der Waals surface area contributed by atoms with Crippen LogP contribution in [-0.4, -0.2) is 59.9 Å². The predicted molar refractivity (Wildman–Crippen MR) is 96.7 cm³/mol. The zero-order chi connectivity index (χ0) is 21.3. The fourth-order valence-electron chi connectivity index (χ4n) is 4.02. The molecule has 0 unspecified atom stereocenters. The minimum atomic E-state index is -5.08. The molecular formula is C18H23F3N2O5S. The maximum atomic E-state index is 12.5. The smallest absolute Gasteiger partial charge is 0.477 e. The molecule has 7 nitrogen and oxygen atoms in total. The molecule has 1 aliphatic heterocycles. The van der Waals surface area contributed by atoms with E-state index in [1.54, 1.807) is 10.5 Å². The number of carboxylic acids is 1. The zero-order valence-electron chi connectivity index (χ0n) is 15.6. The number of aliphatic carboxylic acids is 1. The molecule has 162 valence electrons. The summed E-state index contributed by atoms with van der Waals surface area (Å²) in [5.74, 6) is -1.69. The van der Waals surface area contributed by atoms with E-state index in [1.165, 1.54) is 6.42 Å². The normalized spacial score (nSPS) is 27.1. The number of carboxylic acid groups (broad SMARTS) is 1. The highest BCUT2D eigenvalue weighted by atomic mass is 32.2. The van der Waals surface area contributed by atoms with Crippen LogP contribution in [-0.2, 0) is 14.8 Å². The lowest BCUT2D eigenvalue weighted by molar-refractivity contribution is -0.192. The Kier molecular flexibility index (Phi) is 6.09. The van der Waals surface area contributed by atoms with Gasteiger partial charge in [0.1, 0.15) is 0 Å². The number of carbonyl (C=O) groups is 1. The number of fused-ring (bicyclic) bond motifs is 1. The van der Waals surface area contributed by atoms with Gasteiger partial charge in [0.2, 0.25) is 15.9 Å². The molecule has 2 aliphatic carbocycles. The molecule has 0 aromatic carbocycles. The van der Waals surface area contributed by atoms with E-state index in [2.05, 4.69) is 4.98 Å². The van der Waals surface area contributed by atoms with E-state index >= 15 is 0 Å². The third-order valence-electron chi connectivity index (χ3n) is 5.70. The number of rotatable bonds is 5. The first-order valence-corrected chi connectivity index (χ1v) is 10.9. The van der Waals surface area contributed by atoms with Gasteiger partial charge in [0, 0.05) is 30.8 Å².